The fourth-order valence-electron chi connectivity index (χ4n) is 2.65. The number of anilines is 2. The zero-order chi connectivity index (χ0) is 15.0. The average molecular weight is 298 g/mol. The first-order valence-electron chi connectivity index (χ1n) is 6.94. The first kappa shape index (κ1) is 14.0. The molecule has 1 amide bonds. The van der Waals surface area contributed by atoms with Crippen LogP contribution < -0.4 is 10.6 Å². The molecule has 1 atom stereocenters. The van der Waals surface area contributed by atoms with Crippen molar-refractivity contribution in [2.24, 2.45) is 0 Å². The molecule has 0 radical (unpaired) electrons. The molecule has 1 saturated heterocycles. The van der Waals surface area contributed by atoms with Crippen molar-refractivity contribution in [1.29, 1.82) is 0 Å². The van der Waals surface area contributed by atoms with Crippen LogP contribution in [0.2, 0.25) is 0 Å². The van der Waals surface area contributed by atoms with Crippen molar-refractivity contribution in [1.82, 2.24) is 0 Å². The van der Waals surface area contributed by atoms with Gasteiger partial charge in [0.2, 0.25) is 5.91 Å². The van der Waals surface area contributed by atoms with Crippen LogP contribution in [0.1, 0.15) is 22.1 Å². The topological polar surface area (TPSA) is 46.3 Å². The van der Waals surface area contributed by atoms with Gasteiger partial charge in [-0.15, -0.1) is 11.8 Å². The molecule has 3 rings (SSSR count). The van der Waals surface area contributed by atoms with Crippen LogP contribution in [-0.4, -0.2) is 11.7 Å². The Morgan fingerprint density at radius 2 is 1.90 bits per heavy atom. The van der Waals surface area contributed by atoms with E-state index >= 15 is 0 Å². The summed E-state index contributed by atoms with van der Waals surface area (Å²) in [6, 6.07) is 13.9. The number of thioether (sulfide) groups is 1. The van der Waals surface area contributed by atoms with E-state index in [0.29, 0.717) is 5.75 Å². The van der Waals surface area contributed by atoms with Gasteiger partial charge in [0, 0.05) is 16.9 Å². The molecule has 1 aliphatic heterocycles. The minimum atomic E-state index is -0.0424. The van der Waals surface area contributed by atoms with E-state index in [0.717, 1.165) is 22.5 Å². The van der Waals surface area contributed by atoms with Crippen LogP contribution in [0, 0.1) is 13.8 Å². The summed E-state index contributed by atoms with van der Waals surface area (Å²) in [7, 11) is 0. The predicted octanol–water partition coefficient (Wildman–Crippen LogP) is 3.66. The summed E-state index contributed by atoms with van der Waals surface area (Å²) in [6.07, 6.45) is 0. The van der Waals surface area contributed by atoms with Crippen molar-refractivity contribution in [3.63, 3.8) is 0 Å². The van der Waals surface area contributed by atoms with Crippen molar-refractivity contribution in [3.8, 4) is 0 Å². The van der Waals surface area contributed by atoms with Gasteiger partial charge in [-0.25, -0.2) is 0 Å². The number of para-hydroxylation sites is 1. The van der Waals surface area contributed by atoms with E-state index in [4.69, 9.17) is 5.73 Å². The normalized spacial score (nSPS) is 18.3. The van der Waals surface area contributed by atoms with Crippen LogP contribution in [0.15, 0.2) is 42.5 Å². The molecule has 0 bridgehead atoms. The van der Waals surface area contributed by atoms with Crippen LogP contribution in [-0.2, 0) is 4.79 Å². The highest BCUT2D eigenvalue weighted by molar-refractivity contribution is 8.00. The Labute approximate surface area is 129 Å². The molecule has 0 aromatic heterocycles. The largest absolute Gasteiger partial charge is 0.398 e. The maximum atomic E-state index is 12.4. The molecule has 1 heterocycles. The smallest absolute Gasteiger partial charge is 0.238 e. The van der Waals surface area contributed by atoms with Gasteiger partial charge >= 0.3 is 0 Å². The van der Waals surface area contributed by atoms with Crippen molar-refractivity contribution in [2.45, 2.75) is 19.2 Å². The number of rotatable bonds is 2. The summed E-state index contributed by atoms with van der Waals surface area (Å²) >= 11 is 1.63. The van der Waals surface area contributed by atoms with Crippen molar-refractivity contribution in [3.05, 3.63) is 59.2 Å². The summed E-state index contributed by atoms with van der Waals surface area (Å²) in [5.41, 5.74) is 11.2. The number of nitrogens with two attached hydrogens (primary N) is 1. The molecule has 3 nitrogen and oxygen atoms in total. The second-order valence-corrected chi connectivity index (χ2v) is 6.34. The van der Waals surface area contributed by atoms with E-state index in [9.17, 15) is 4.79 Å². The number of hydrogen-bond acceptors (Lipinski definition) is 3. The summed E-state index contributed by atoms with van der Waals surface area (Å²) in [6.45, 7) is 4.13. The van der Waals surface area contributed by atoms with Crippen molar-refractivity contribution >= 4 is 29.0 Å². The standard InChI is InChI=1S/C17H18N2OS/c1-11-6-5-9-15(12(11)2)19-16(20)10-21-17(19)13-7-3-4-8-14(13)18/h3-9,17H,10,18H2,1-2H3/t17-/m0/s1. The van der Waals surface area contributed by atoms with Gasteiger partial charge in [-0.05, 0) is 37.1 Å². The minimum absolute atomic E-state index is 0.0424. The Balaban J connectivity index is 2.09. The van der Waals surface area contributed by atoms with Gasteiger partial charge in [-0.2, -0.15) is 0 Å². The highest BCUT2D eigenvalue weighted by Crippen LogP contribution is 2.44. The number of benzene rings is 2. The van der Waals surface area contributed by atoms with Crippen LogP contribution in [0.3, 0.4) is 0 Å². The summed E-state index contributed by atoms with van der Waals surface area (Å²) < 4.78 is 0. The van der Waals surface area contributed by atoms with E-state index in [1.54, 1.807) is 11.8 Å². The number of amides is 1. The van der Waals surface area contributed by atoms with E-state index in [-0.39, 0.29) is 11.3 Å². The van der Waals surface area contributed by atoms with Crippen LogP contribution in [0.25, 0.3) is 0 Å². The van der Waals surface area contributed by atoms with E-state index in [1.165, 1.54) is 5.56 Å². The quantitative estimate of drug-likeness (QED) is 0.861. The van der Waals surface area contributed by atoms with Gasteiger partial charge in [0.05, 0.1) is 5.75 Å². The van der Waals surface area contributed by atoms with Crippen molar-refractivity contribution < 1.29 is 4.79 Å². The average Bonchev–Trinajstić information content (AvgIpc) is 2.84. The third-order valence-corrected chi connectivity index (χ3v) is 5.16. The molecule has 108 valence electrons. The number of carbonyl (C=O) groups excluding carboxylic acids is 1. The zero-order valence-electron chi connectivity index (χ0n) is 12.2. The summed E-state index contributed by atoms with van der Waals surface area (Å²) in [5.74, 6) is 0.633. The second-order valence-electron chi connectivity index (χ2n) is 5.28. The monoisotopic (exact) mass is 298 g/mol. The lowest BCUT2D eigenvalue weighted by atomic mass is 10.1. The van der Waals surface area contributed by atoms with E-state index in [1.807, 2.05) is 41.3 Å². The Morgan fingerprint density at radius 1 is 1.14 bits per heavy atom. The maximum Gasteiger partial charge on any atom is 0.238 e. The molecule has 2 N–H and O–H groups in total. The lowest BCUT2D eigenvalue weighted by Crippen LogP contribution is -2.29. The highest BCUT2D eigenvalue weighted by Gasteiger charge is 2.35. The molecule has 1 aliphatic rings. The van der Waals surface area contributed by atoms with Crippen LogP contribution >= 0.6 is 11.8 Å². The molecule has 0 spiro atoms. The second kappa shape index (κ2) is 5.45. The fraction of sp³-hybridized carbons (Fsp3) is 0.235. The lowest BCUT2D eigenvalue weighted by molar-refractivity contribution is -0.115. The number of aryl methyl sites for hydroxylation is 1. The first-order chi connectivity index (χ1) is 10.1. The summed E-state index contributed by atoms with van der Waals surface area (Å²) in [4.78, 5) is 14.3. The molecule has 0 unspecified atom stereocenters. The molecule has 1 fully saturated rings. The zero-order valence-corrected chi connectivity index (χ0v) is 13.0. The van der Waals surface area contributed by atoms with Gasteiger partial charge in [0.1, 0.15) is 5.37 Å². The SMILES string of the molecule is Cc1cccc(N2C(=O)CS[C@H]2c2ccccc2N)c1C. The number of hydrogen-bond donors (Lipinski definition) is 1. The molecule has 2 aromatic rings. The highest BCUT2D eigenvalue weighted by atomic mass is 32.2. The van der Waals surface area contributed by atoms with Gasteiger partial charge < -0.3 is 5.73 Å². The molecule has 0 saturated carbocycles. The number of carbonyl (C=O) groups is 1. The number of nitrogen functional groups attached to an aromatic ring is 1. The minimum Gasteiger partial charge on any atom is -0.398 e. The Kier molecular flexibility index (Phi) is 3.64. The molecule has 0 aliphatic carbocycles. The molecule has 2 aromatic carbocycles. The molecular formula is C17H18N2OS. The third kappa shape index (κ3) is 2.40. The molecule has 4 heteroatoms. The fourth-order valence-corrected chi connectivity index (χ4v) is 3.86. The Morgan fingerprint density at radius 3 is 2.67 bits per heavy atom. The summed E-state index contributed by atoms with van der Waals surface area (Å²) in [5, 5.41) is -0.0424. The van der Waals surface area contributed by atoms with E-state index in [2.05, 4.69) is 19.9 Å². The van der Waals surface area contributed by atoms with E-state index < -0.39 is 0 Å². The van der Waals surface area contributed by atoms with Crippen LogP contribution in [0.4, 0.5) is 11.4 Å². The number of nitrogens with zero attached hydrogens (tertiary/aromatic N) is 1. The maximum absolute atomic E-state index is 12.4. The third-order valence-electron chi connectivity index (χ3n) is 3.97. The van der Waals surface area contributed by atoms with Gasteiger partial charge in [0.15, 0.2) is 0 Å². The Hall–Kier alpha value is -1.94. The first-order valence-corrected chi connectivity index (χ1v) is 7.98. The van der Waals surface area contributed by atoms with Crippen molar-refractivity contribution in [2.75, 3.05) is 16.4 Å². The lowest BCUT2D eigenvalue weighted by Gasteiger charge is -2.27. The Bertz CT molecular complexity index is 699. The predicted molar refractivity (Wildman–Crippen MR) is 89.5 cm³/mol. The van der Waals surface area contributed by atoms with Gasteiger partial charge in [-0.1, -0.05) is 30.3 Å². The molecular weight excluding hydrogens is 280 g/mol. The van der Waals surface area contributed by atoms with Gasteiger partial charge in [0.25, 0.3) is 0 Å². The van der Waals surface area contributed by atoms with Crippen LogP contribution in [0.5, 0.6) is 0 Å². The van der Waals surface area contributed by atoms with Gasteiger partial charge in [-0.3, -0.25) is 9.69 Å². The molecule has 21 heavy (non-hydrogen) atoms.